The van der Waals surface area contributed by atoms with Crippen molar-refractivity contribution in [1.82, 2.24) is 0 Å². The van der Waals surface area contributed by atoms with E-state index in [0.29, 0.717) is 37.6 Å². The summed E-state index contributed by atoms with van der Waals surface area (Å²) in [6, 6.07) is 13.4. The fraction of sp³-hybridized carbons (Fsp3) is 0.533. The summed E-state index contributed by atoms with van der Waals surface area (Å²) in [4.78, 5) is 0. The minimum Gasteiger partial charge on any atom is -0.507 e. The van der Waals surface area contributed by atoms with Crippen molar-refractivity contribution < 1.29 is 33.5 Å². The Kier molecular flexibility index (Phi) is 9.86. The van der Waals surface area contributed by atoms with Gasteiger partial charge in [0.05, 0.1) is 51.8 Å². The van der Waals surface area contributed by atoms with Crippen LogP contribution in [0.1, 0.15) is 40.0 Å². The molecule has 3 aromatic rings. The van der Waals surface area contributed by atoms with Crippen molar-refractivity contribution in [3.8, 4) is 17.2 Å². The first kappa shape index (κ1) is 27.5. The molecule has 3 aromatic carbocycles. The average molecular weight is 513 g/mol. The highest BCUT2D eigenvalue weighted by molar-refractivity contribution is 6.11. The van der Waals surface area contributed by atoms with Gasteiger partial charge in [-0.15, -0.1) is 0 Å². The van der Waals surface area contributed by atoms with E-state index in [2.05, 4.69) is 20.8 Å². The Labute approximate surface area is 219 Å². The summed E-state index contributed by atoms with van der Waals surface area (Å²) in [6.07, 6.45) is 2.79. The third kappa shape index (κ3) is 7.05. The number of fused-ring (bicyclic) bond motifs is 2. The van der Waals surface area contributed by atoms with E-state index in [4.69, 9.17) is 28.4 Å². The highest BCUT2D eigenvalue weighted by Crippen LogP contribution is 2.43. The normalized spacial score (nSPS) is 17.6. The summed E-state index contributed by atoms with van der Waals surface area (Å²) in [5, 5.41) is 14.1. The van der Waals surface area contributed by atoms with E-state index < -0.39 is 0 Å². The highest BCUT2D eigenvalue weighted by Gasteiger charge is 2.24. The second-order valence-corrected chi connectivity index (χ2v) is 9.49. The Bertz CT molecular complexity index is 1140. The van der Waals surface area contributed by atoms with Crippen LogP contribution in [0.15, 0.2) is 42.5 Å². The molecule has 4 atom stereocenters. The molecule has 0 aliphatic carbocycles. The van der Waals surface area contributed by atoms with E-state index in [1.54, 1.807) is 7.11 Å². The third-order valence-corrected chi connectivity index (χ3v) is 6.89. The highest BCUT2D eigenvalue weighted by atomic mass is 16.6. The Balaban J connectivity index is 1.39. The van der Waals surface area contributed by atoms with Crippen LogP contribution < -0.4 is 9.47 Å². The molecule has 7 nitrogen and oxygen atoms in total. The van der Waals surface area contributed by atoms with Gasteiger partial charge in [0.15, 0.2) is 0 Å². The van der Waals surface area contributed by atoms with Crippen LogP contribution in [0.25, 0.3) is 21.5 Å². The van der Waals surface area contributed by atoms with E-state index in [0.717, 1.165) is 47.8 Å². The predicted molar refractivity (Wildman–Crippen MR) is 145 cm³/mol. The van der Waals surface area contributed by atoms with Gasteiger partial charge in [-0.1, -0.05) is 45.0 Å². The fourth-order valence-electron chi connectivity index (χ4n) is 4.30. The number of hydrogen-bond acceptors (Lipinski definition) is 7. The first-order chi connectivity index (χ1) is 18.1. The topological polar surface area (TPSA) is 78.9 Å². The minimum absolute atomic E-state index is 0.00771. The number of hydrogen-bond donors (Lipinski definition) is 1. The lowest BCUT2D eigenvalue weighted by molar-refractivity contribution is -0.0886. The van der Waals surface area contributed by atoms with Crippen molar-refractivity contribution in [2.24, 2.45) is 0 Å². The lowest BCUT2D eigenvalue weighted by Gasteiger charge is -2.24. The van der Waals surface area contributed by atoms with Crippen molar-refractivity contribution in [2.45, 2.75) is 64.4 Å². The van der Waals surface area contributed by atoms with Crippen molar-refractivity contribution >= 4 is 21.5 Å². The number of phenolic OH excluding ortho intramolecular Hbond substituents is 1. The van der Waals surface area contributed by atoms with E-state index in [-0.39, 0.29) is 30.2 Å². The van der Waals surface area contributed by atoms with Gasteiger partial charge >= 0.3 is 0 Å². The summed E-state index contributed by atoms with van der Waals surface area (Å²) < 4.78 is 35.3. The van der Waals surface area contributed by atoms with Crippen LogP contribution in [0.2, 0.25) is 0 Å². The van der Waals surface area contributed by atoms with Crippen LogP contribution in [0.5, 0.6) is 17.2 Å². The van der Waals surface area contributed by atoms with E-state index in [9.17, 15) is 5.11 Å². The molecule has 0 spiro atoms. The molecule has 1 fully saturated rings. The molecule has 7 heteroatoms. The largest absolute Gasteiger partial charge is 0.507 e. The van der Waals surface area contributed by atoms with Gasteiger partial charge in [0, 0.05) is 21.5 Å². The predicted octanol–water partition coefficient (Wildman–Crippen LogP) is 5.87. The molecule has 1 saturated heterocycles. The Morgan fingerprint density at radius 3 is 2.03 bits per heavy atom. The second-order valence-electron chi connectivity index (χ2n) is 9.49. The number of aromatic hydroxyl groups is 1. The maximum Gasteiger partial charge on any atom is 0.135 e. The monoisotopic (exact) mass is 512 g/mol. The first-order valence-corrected chi connectivity index (χ1v) is 13.4. The molecular weight excluding hydrogens is 472 g/mol. The number of methoxy groups -OCH3 is 1. The molecular formula is C30H40O7. The zero-order valence-electron chi connectivity index (χ0n) is 22.4. The Morgan fingerprint density at radius 1 is 0.811 bits per heavy atom. The molecule has 1 aliphatic heterocycles. The van der Waals surface area contributed by atoms with E-state index in [1.165, 1.54) is 0 Å². The molecule has 1 heterocycles. The smallest absolute Gasteiger partial charge is 0.135 e. The quantitative estimate of drug-likeness (QED) is 0.190. The van der Waals surface area contributed by atoms with Gasteiger partial charge in [0.25, 0.3) is 0 Å². The number of phenols is 1. The summed E-state index contributed by atoms with van der Waals surface area (Å²) in [6.45, 7) is 9.18. The van der Waals surface area contributed by atoms with Gasteiger partial charge in [-0.05, 0) is 37.5 Å². The zero-order valence-corrected chi connectivity index (χ0v) is 22.4. The molecule has 0 radical (unpaired) electrons. The van der Waals surface area contributed by atoms with Gasteiger partial charge < -0.3 is 33.5 Å². The molecule has 4 unspecified atom stereocenters. The molecule has 202 valence electrons. The second kappa shape index (κ2) is 13.3. The number of epoxide rings is 1. The molecule has 0 amide bonds. The summed E-state index contributed by atoms with van der Waals surface area (Å²) in [7, 11) is 1.62. The van der Waals surface area contributed by atoms with Crippen LogP contribution in [0.4, 0.5) is 0 Å². The van der Waals surface area contributed by atoms with E-state index >= 15 is 0 Å². The fourth-order valence-corrected chi connectivity index (χ4v) is 4.30. The van der Waals surface area contributed by atoms with Crippen molar-refractivity contribution in [3.05, 3.63) is 42.5 Å². The maximum absolute atomic E-state index is 11.0. The van der Waals surface area contributed by atoms with Crippen LogP contribution in [0.3, 0.4) is 0 Å². The van der Waals surface area contributed by atoms with Gasteiger partial charge in [-0.25, -0.2) is 0 Å². The Hall–Kier alpha value is -2.58. The van der Waals surface area contributed by atoms with Crippen LogP contribution in [-0.4, -0.2) is 69.7 Å². The molecule has 0 bridgehead atoms. The summed E-state index contributed by atoms with van der Waals surface area (Å²) in [5.41, 5.74) is 0. The zero-order chi connectivity index (χ0) is 26.2. The number of rotatable bonds is 16. The molecule has 0 aromatic heterocycles. The van der Waals surface area contributed by atoms with Crippen LogP contribution in [-0.2, 0) is 18.9 Å². The van der Waals surface area contributed by atoms with Crippen LogP contribution in [0, 0.1) is 0 Å². The first-order valence-electron chi connectivity index (χ1n) is 13.4. The SMILES string of the molecule is CCC(COc1c2ccccc2c(O)c2cc(OC)ccc12)OCC(CC)OCC(CC)OCC1CO1. The lowest BCUT2D eigenvalue weighted by atomic mass is 10.0. The van der Waals surface area contributed by atoms with Gasteiger partial charge in [0.1, 0.15) is 30.0 Å². The molecule has 1 aliphatic rings. The van der Waals surface area contributed by atoms with Gasteiger partial charge in [-0.3, -0.25) is 0 Å². The van der Waals surface area contributed by atoms with E-state index in [1.807, 2.05) is 42.5 Å². The number of ether oxygens (including phenoxy) is 6. The molecule has 0 saturated carbocycles. The summed E-state index contributed by atoms with van der Waals surface area (Å²) in [5.74, 6) is 1.64. The molecule has 1 N–H and O–H groups in total. The molecule has 37 heavy (non-hydrogen) atoms. The lowest BCUT2D eigenvalue weighted by Crippen LogP contribution is -2.30. The maximum atomic E-state index is 11.0. The van der Waals surface area contributed by atoms with Crippen LogP contribution >= 0.6 is 0 Å². The average Bonchev–Trinajstić information content (AvgIpc) is 3.77. The van der Waals surface area contributed by atoms with Gasteiger partial charge in [-0.2, -0.15) is 0 Å². The van der Waals surface area contributed by atoms with Crippen molar-refractivity contribution in [2.75, 3.05) is 40.1 Å². The van der Waals surface area contributed by atoms with Gasteiger partial charge in [0.2, 0.25) is 0 Å². The third-order valence-electron chi connectivity index (χ3n) is 6.89. The summed E-state index contributed by atoms with van der Waals surface area (Å²) >= 11 is 0. The molecule has 4 rings (SSSR count). The van der Waals surface area contributed by atoms with Crippen molar-refractivity contribution in [3.63, 3.8) is 0 Å². The Morgan fingerprint density at radius 2 is 1.41 bits per heavy atom. The standard InChI is InChI=1S/C30H40O7/c1-5-20(33-16-21(6-2)35-18-24-19-36-24)15-34-22(7-3)17-37-30-26-11-9-8-10-25(26)29(31)28-14-23(32-4)12-13-27(28)30/h8-14,20-22,24,31H,5-7,15-19H2,1-4H3. The van der Waals surface area contributed by atoms with Crippen molar-refractivity contribution in [1.29, 1.82) is 0 Å². The number of benzene rings is 3. The minimum atomic E-state index is -0.0937.